The summed E-state index contributed by atoms with van der Waals surface area (Å²) in [5.74, 6) is 0. The molecule has 2 nitrogen and oxygen atoms in total. The van der Waals surface area contributed by atoms with Gasteiger partial charge in [0.05, 0.1) is 0 Å². The van der Waals surface area contributed by atoms with Crippen molar-refractivity contribution >= 4 is 0 Å². The van der Waals surface area contributed by atoms with E-state index in [1.807, 2.05) is 24.5 Å². The molecule has 2 heterocycles. The van der Waals surface area contributed by atoms with Gasteiger partial charge in [0.25, 0.3) is 0 Å². The van der Waals surface area contributed by atoms with Crippen molar-refractivity contribution in [1.29, 1.82) is 0 Å². The zero-order valence-electron chi connectivity index (χ0n) is 10.7. The van der Waals surface area contributed by atoms with E-state index in [2.05, 4.69) is 47.2 Å². The summed E-state index contributed by atoms with van der Waals surface area (Å²) in [7, 11) is 0. The Morgan fingerprint density at radius 3 is 2.00 bits per heavy atom. The van der Waals surface area contributed by atoms with Crippen LogP contribution in [0, 0.1) is 6.92 Å². The van der Waals surface area contributed by atoms with Crippen molar-refractivity contribution in [2.45, 2.75) is 6.92 Å². The van der Waals surface area contributed by atoms with E-state index in [4.69, 9.17) is 0 Å². The van der Waals surface area contributed by atoms with Crippen LogP contribution in [0.4, 0.5) is 0 Å². The molecule has 2 heteroatoms. The fourth-order valence-electron chi connectivity index (χ4n) is 2.22. The van der Waals surface area contributed by atoms with E-state index in [0.29, 0.717) is 0 Å². The Morgan fingerprint density at radius 1 is 0.737 bits per heavy atom. The summed E-state index contributed by atoms with van der Waals surface area (Å²) in [5, 5.41) is 0. The lowest BCUT2D eigenvalue weighted by molar-refractivity contribution is 1.31. The Kier molecular flexibility index (Phi) is 3.07. The van der Waals surface area contributed by atoms with Gasteiger partial charge in [-0.25, -0.2) is 0 Å². The summed E-state index contributed by atoms with van der Waals surface area (Å²) >= 11 is 0. The minimum absolute atomic E-state index is 1.14. The largest absolute Gasteiger partial charge is 0.264 e. The third-order valence-corrected chi connectivity index (χ3v) is 3.19. The molecule has 19 heavy (non-hydrogen) atoms. The average molecular weight is 246 g/mol. The Hall–Kier alpha value is -2.48. The van der Waals surface area contributed by atoms with Gasteiger partial charge in [0.15, 0.2) is 0 Å². The van der Waals surface area contributed by atoms with Crippen molar-refractivity contribution in [3.8, 4) is 22.3 Å². The molecule has 0 N–H and O–H groups in total. The highest BCUT2D eigenvalue weighted by Crippen LogP contribution is 2.27. The molecule has 0 spiro atoms. The first-order chi connectivity index (χ1) is 9.34. The molecule has 0 aliphatic carbocycles. The van der Waals surface area contributed by atoms with Gasteiger partial charge in [-0.05, 0) is 41.3 Å². The maximum atomic E-state index is 4.17. The van der Waals surface area contributed by atoms with Crippen LogP contribution < -0.4 is 0 Å². The molecule has 0 aliphatic heterocycles. The molecule has 0 saturated carbocycles. The molecule has 0 radical (unpaired) electrons. The first-order valence-corrected chi connectivity index (χ1v) is 6.26. The van der Waals surface area contributed by atoms with E-state index in [1.165, 1.54) is 16.7 Å². The van der Waals surface area contributed by atoms with Crippen LogP contribution in [0.3, 0.4) is 0 Å². The van der Waals surface area contributed by atoms with Crippen LogP contribution in [0.2, 0.25) is 0 Å². The van der Waals surface area contributed by atoms with Gasteiger partial charge in [-0.2, -0.15) is 0 Å². The SMILES string of the molecule is Cc1cc(-c2cccnc2)ccc1-c1cccnc1. The molecule has 0 fully saturated rings. The van der Waals surface area contributed by atoms with Crippen molar-refractivity contribution in [1.82, 2.24) is 9.97 Å². The lowest BCUT2D eigenvalue weighted by Crippen LogP contribution is -1.86. The highest BCUT2D eigenvalue weighted by molar-refractivity contribution is 5.72. The lowest BCUT2D eigenvalue weighted by atomic mass is 9.97. The predicted molar refractivity (Wildman–Crippen MR) is 77.6 cm³/mol. The Labute approximate surface area is 112 Å². The topological polar surface area (TPSA) is 25.8 Å². The van der Waals surface area contributed by atoms with Crippen molar-refractivity contribution in [2.75, 3.05) is 0 Å². The molecule has 3 aromatic rings. The smallest absolute Gasteiger partial charge is 0.0346 e. The van der Waals surface area contributed by atoms with Gasteiger partial charge in [-0.1, -0.05) is 30.3 Å². The van der Waals surface area contributed by atoms with Gasteiger partial charge in [0, 0.05) is 30.4 Å². The monoisotopic (exact) mass is 246 g/mol. The minimum Gasteiger partial charge on any atom is -0.264 e. The highest BCUT2D eigenvalue weighted by atomic mass is 14.6. The summed E-state index contributed by atoms with van der Waals surface area (Å²) in [6, 6.07) is 14.6. The number of hydrogen-bond donors (Lipinski definition) is 0. The molecule has 0 bridgehead atoms. The molecular formula is C17H14N2. The van der Waals surface area contributed by atoms with E-state index >= 15 is 0 Å². The number of aryl methyl sites for hydroxylation is 1. The number of hydrogen-bond acceptors (Lipinski definition) is 2. The maximum Gasteiger partial charge on any atom is 0.0346 e. The van der Waals surface area contributed by atoms with Crippen molar-refractivity contribution in [2.24, 2.45) is 0 Å². The van der Waals surface area contributed by atoms with E-state index in [1.54, 1.807) is 12.4 Å². The average Bonchev–Trinajstić information content (AvgIpc) is 2.49. The van der Waals surface area contributed by atoms with Gasteiger partial charge in [-0.3, -0.25) is 9.97 Å². The fourth-order valence-corrected chi connectivity index (χ4v) is 2.22. The Morgan fingerprint density at radius 2 is 1.42 bits per heavy atom. The Balaban J connectivity index is 2.04. The molecule has 3 rings (SSSR count). The van der Waals surface area contributed by atoms with E-state index in [0.717, 1.165) is 11.1 Å². The molecular weight excluding hydrogens is 232 g/mol. The first kappa shape index (κ1) is 11.6. The molecule has 0 unspecified atom stereocenters. The quantitative estimate of drug-likeness (QED) is 0.679. The lowest BCUT2D eigenvalue weighted by Gasteiger charge is -2.08. The standard InChI is InChI=1S/C17H14N2/c1-13-10-14(15-4-2-8-18-11-15)6-7-17(13)16-5-3-9-19-12-16/h2-12H,1H3. The zero-order chi connectivity index (χ0) is 13.1. The first-order valence-electron chi connectivity index (χ1n) is 6.26. The summed E-state index contributed by atoms with van der Waals surface area (Å²) in [4.78, 5) is 8.33. The van der Waals surface area contributed by atoms with E-state index in [9.17, 15) is 0 Å². The van der Waals surface area contributed by atoms with Crippen LogP contribution >= 0.6 is 0 Å². The predicted octanol–water partition coefficient (Wildman–Crippen LogP) is 4.12. The molecule has 0 atom stereocenters. The summed E-state index contributed by atoms with van der Waals surface area (Å²) in [6.45, 7) is 2.13. The summed E-state index contributed by atoms with van der Waals surface area (Å²) < 4.78 is 0. The number of benzene rings is 1. The second-order valence-corrected chi connectivity index (χ2v) is 4.51. The molecule has 92 valence electrons. The Bertz CT molecular complexity index is 676. The van der Waals surface area contributed by atoms with Crippen molar-refractivity contribution in [3.05, 3.63) is 72.8 Å². The van der Waals surface area contributed by atoms with Crippen LogP contribution in [0.15, 0.2) is 67.3 Å². The summed E-state index contributed by atoms with van der Waals surface area (Å²) in [5.41, 5.74) is 5.95. The van der Waals surface area contributed by atoms with Gasteiger partial charge in [0.2, 0.25) is 0 Å². The number of aromatic nitrogens is 2. The van der Waals surface area contributed by atoms with Crippen LogP contribution in [0.1, 0.15) is 5.56 Å². The third-order valence-electron chi connectivity index (χ3n) is 3.19. The molecule has 1 aromatic carbocycles. The highest BCUT2D eigenvalue weighted by Gasteiger charge is 2.04. The molecule has 0 aliphatic rings. The van der Waals surface area contributed by atoms with Crippen molar-refractivity contribution in [3.63, 3.8) is 0 Å². The van der Waals surface area contributed by atoms with E-state index < -0.39 is 0 Å². The van der Waals surface area contributed by atoms with Crippen molar-refractivity contribution < 1.29 is 0 Å². The van der Waals surface area contributed by atoms with Gasteiger partial charge in [-0.15, -0.1) is 0 Å². The summed E-state index contributed by atoms with van der Waals surface area (Å²) in [6.07, 6.45) is 7.37. The second kappa shape index (κ2) is 5.02. The van der Waals surface area contributed by atoms with Crippen LogP contribution in [0.5, 0.6) is 0 Å². The van der Waals surface area contributed by atoms with Gasteiger partial charge in [0.1, 0.15) is 0 Å². The zero-order valence-corrected chi connectivity index (χ0v) is 10.7. The van der Waals surface area contributed by atoms with Crippen LogP contribution in [-0.4, -0.2) is 9.97 Å². The number of rotatable bonds is 2. The normalized spacial score (nSPS) is 10.4. The number of nitrogens with zero attached hydrogens (tertiary/aromatic N) is 2. The molecule has 2 aromatic heterocycles. The maximum absolute atomic E-state index is 4.17. The second-order valence-electron chi connectivity index (χ2n) is 4.51. The number of pyridine rings is 2. The van der Waals surface area contributed by atoms with Gasteiger partial charge < -0.3 is 0 Å². The van der Waals surface area contributed by atoms with Crippen LogP contribution in [-0.2, 0) is 0 Å². The van der Waals surface area contributed by atoms with E-state index in [-0.39, 0.29) is 0 Å². The fraction of sp³-hybridized carbons (Fsp3) is 0.0588. The molecule has 0 saturated heterocycles. The third kappa shape index (κ3) is 2.38. The van der Waals surface area contributed by atoms with Crippen LogP contribution in [0.25, 0.3) is 22.3 Å². The van der Waals surface area contributed by atoms with Gasteiger partial charge >= 0.3 is 0 Å². The minimum atomic E-state index is 1.14. The molecule has 0 amide bonds.